The summed E-state index contributed by atoms with van der Waals surface area (Å²) in [6.07, 6.45) is 0.208. The zero-order chi connectivity index (χ0) is 21.6. The first-order chi connectivity index (χ1) is 13.5. The maximum Gasteiger partial charge on any atom is 0.416 e. The molecule has 0 amide bonds. The molecule has 29 heavy (non-hydrogen) atoms. The van der Waals surface area contributed by atoms with Gasteiger partial charge in [0.25, 0.3) is 0 Å². The van der Waals surface area contributed by atoms with Gasteiger partial charge < -0.3 is 0 Å². The second-order valence-electron chi connectivity index (χ2n) is 8.28. The van der Waals surface area contributed by atoms with Gasteiger partial charge in [-0.25, -0.2) is 4.48 Å². The Hall–Kier alpha value is -2.47. The fraction of sp³-hybridized carbons (Fsp3) is 0.391. The second-order valence-corrected chi connectivity index (χ2v) is 8.28. The van der Waals surface area contributed by atoms with E-state index in [0.29, 0.717) is 17.4 Å². The van der Waals surface area contributed by atoms with E-state index in [4.69, 9.17) is 0 Å². The van der Waals surface area contributed by atoms with Gasteiger partial charge in [-0.15, -0.1) is 0 Å². The normalized spacial score (nSPS) is 16.2. The van der Waals surface area contributed by atoms with Crippen molar-refractivity contribution < 1.29 is 13.2 Å². The molecule has 1 atom stereocenters. The number of rotatable bonds is 4. The number of allylic oxidation sites excluding steroid dienone is 2. The number of nitrogens with zero attached hydrogens (tertiary/aromatic N) is 3. The van der Waals surface area contributed by atoms with Crippen molar-refractivity contribution in [3.05, 3.63) is 58.9 Å². The number of amidine groups is 1. The molecule has 0 bridgehead atoms. The largest absolute Gasteiger partial charge is 0.416 e. The van der Waals surface area contributed by atoms with Crippen LogP contribution in [0.3, 0.4) is 0 Å². The first kappa shape index (κ1) is 21.2. The van der Waals surface area contributed by atoms with Crippen LogP contribution < -0.4 is 4.48 Å². The van der Waals surface area contributed by atoms with Gasteiger partial charge in [0.05, 0.1) is 25.2 Å². The Kier molecular flexibility index (Phi) is 5.43. The predicted octanol–water partition coefficient (Wildman–Crippen LogP) is 6.60. The quantitative estimate of drug-likeness (QED) is 0.529. The average molecular weight is 402 g/mol. The first-order valence-corrected chi connectivity index (χ1v) is 9.75. The van der Waals surface area contributed by atoms with Crippen LogP contribution in [0.15, 0.2) is 47.2 Å². The predicted molar refractivity (Wildman–Crippen MR) is 113 cm³/mol. The molecule has 1 aliphatic rings. The van der Waals surface area contributed by atoms with Gasteiger partial charge in [-0.05, 0) is 55.5 Å². The van der Waals surface area contributed by atoms with Crippen LogP contribution in [-0.4, -0.2) is 24.9 Å². The number of alkyl halides is 3. The Morgan fingerprint density at radius 3 is 2.38 bits per heavy atom. The molecule has 1 aliphatic heterocycles. The van der Waals surface area contributed by atoms with E-state index in [1.54, 1.807) is 6.20 Å². The Bertz CT molecular complexity index is 997. The fourth-order valence-electron chi connectivity index (χ4n) is 3.98. The van der Waals surface area contributed by atoms with Crippen LogP contribution >= 0.6 is 0 Å². The molecule has 0 spiro atoms. The van der Waals surface area contributed by atoms with Gasteiger partial charge in [0, 0.05) is 18.5 Å². The minimum atomic E-state index is -4.39. The van der Waals surface area contributed by atoms with Crippen LogP contribution in [-0.2, 0) is 6.18 Å². The summed E-state index contributed by atoms with van der Waals surface area (Å²) in [7, 11) is 3.86. The Labute approximate surface area is 170 Å². The Morgan fingerprint density at radius 1 is 1.10 bits per heavy atom. The maximum atomic E-state index is 13.1. The fourth-order valence-corrected chi connectivity index (χ4v) is 3.98. The molecule has 0 radical (unpaired) electrons. The molecular weight excluding hydrogens is 375 g/mol. The SMILES string of the molecule is CCC(C)C(=C(C)C)c1cncc(C2=Nc3cc(C(F)(F)F)ccc3[N+]2(C)C)c1. The summed E-state index contributed by atoms with van der Waals surface area (Å²) in [6.45, 7) is 8.53. The number of benzene rings is 1. The lowest BCUT2D eigenvalue weighted by Gasteiger charge is -2.26. The van der Waals surface area contributed by atoms with Gasteiger partial charge in [-0.2, -0.15) is 18.2 Å². The number of quaternary nitrogens is 1. The van der Waals surface area contributed by atoms with Gasteiger partial charge in [0.15, 0.2) is 5.69 Å². The molecule has 154 valence electrons. The summed E-state index contributed by atoms with van der Waals surface area (Å²) in [6, 6.07) is 5.82. The molecule has 1 unspecified atom stereocenters. The minimum absolute atomic E-state index is 0.270. The first-order valence-electron chi connectivity index (χ1n) is 9.75. The van der Waals surface area contributed by atoms with Crippen molar-refractivity contribution in [3.63, 3.8) is 0 Å². The highest BCUT2D eigenvalue weighted by atomic mass is 19.4. The summed E-state index contributed by atoms with van der Waals surface area (Å²) in [5.41, 5.74) is 4.75. The summed E-state index contributed by atoms with van der Waals surface area (Å²) in [5.74, 6) is 1.07. The lowest BCUT2D eigenvalue weighted by molar-refractivity contribution is -0.137. The van der Waals surface area contributed by atoms with Gasteiger partial charge in [0.1, 0.15) is 5.69 Å². The summed E-state index contributed by atoms with van der Waals surface area (Å²) < 4.78 is 39.7. The monoisotopic (exact) mass is 402 g/mol. The van der Waals surface area contributed by atoms with Crippen LogP contribution in [0.5, 0.6) is 0 Å². The molecule has 1 aromatic heterocycles. The highest BCUT2D eigenvalue weighted by molar-refractivity contribution is 6.12. The van der Waals surface area contributed by atoms with E-state index in [2.05, 4.69) is 43.7 Å². The molecule has 0 saturated carbocycles. The van der Waals surface area contributed by atoms with E-state index >= 15 is 0 Å². The number of fused-ring (bicyclic) bond motifs is 1. The minimum Gasteiger partial charge on any atom is -0.263 e. The Morgan fingerprint density at radius 2 is 1.79 bits per heavy atom. The third-order valence-electron chi connectivity index (χ3n) is 5.61. The molecule has 6 heteroatoms. The summed E-state index contributed by atoms with van der Waals surface area (Å²) in [5, 5.41) is 0. The summed E-state index contributed by atoms with van der Waals surface area (Å²) in [4.78, 5) is 9.02. The van der Waals surface area contributed by atoms with E-state index in [1.165, 1.54) is 17.2 Å². The van der Waals surface area contributed by atoms with Gasteiger partial charge in [-0.1, -0.05) is 19.4 Å². The van der Waals surface area contributed by atoms with Crippen molar-refractivity contribution in [1.29, 1.82) is 0 Å². The van der Waals surface area contributed by atoms with E-state index < -0.39 is 11.7 Å². The molecule has 0 aliphatic carbocycles. The third kappa shape index (κ3) is 3.86. The van der Waals surface area contributed by atoms with E-state index in [-0.39, 0.29) is 4.48 Å². The molecule has 0 N–H and O–H groups in total. The molecule has 0 fully saturated rings. The van der Waals surface area contributed by atoms with E-state index in [1.807, 2.05) is 20.3 Å². The number of pyridine rings is 1. The Balaban J connectivity index is 2.10. The number of hydrogen-bond donors (Lipinski definition) is 0. The molecule has 3 nitrogen and oxygen atoms in total. The highest BCUT2D eigenvalue weighted by Gasteiger charge is 2.40. The summed E-state index contributed by atoms with van der Waals surface area (Å²) >= 11 is 0. The topological polar surface area (TPSA) is 25.2 Å². The third-order valence-corrected chi connectivity index (χ3v) is 5.61. The van der Waals surface area contributed by atoms with Crippen LogP contribution in [0.1, 0.15) is 50.8 Å². The molecule has 2 heterocycles. The smallest absolute Gasteiger partial charge is 0.263 e. The molecule has 0 saturated heterocycles. The zero-order valence-electron chi connectivity index (χ0n) is 17.7. The number of hydrogen-bond acceptors (Lipinski definition) is 2. The van der Waals surface area contributed by atoms with Gasteiger partial charge >= 0.3 is 6.18 Å². The van der Waals surface area contributed by atoms with Crippen LogP contribution in [0.2, 0.25) is 0 Å². The van der Waals surface area contributed by atoms with Crippen LogP contribution in [0.4, 0.5) is 24.5 Å². The highest BCUT2D eigenvalue weighted by Crippen LogP contribution is 2.43. The van der Waals surface area contributed by atoms with Crippen molar-refractivity contribution in [2.75, 3.05) is 14.1 Å². The van der Waals surface area contributed by atoms with Crippen LogP contribution in [0, 0.1) is 5.92 Å². The van der Waals surface area contributed by atoms with Crippen molar-refractivity contribution in [3.8, 4) is 0 Å². The number of aliphatic imine (C=N–C) groups is 1. The number of halogens is 3. The van der Waals surface area contributed by atoms with Crippen LogP contribution in [0.25, 0.3) is 5.57 Å². The van der Waals surface area contributed by atoms with Gasteiger partial charge in [0.2, 0.25) is 5.84 Å². The maximum absolute atomic E-state index is 13.1. The standard InChI is InChI=1S/C23H27F3N3/c1-7-15(4)21(14(2)3)16-10-17(13-27-12-16)22-28-19-11-18(23(24,25)26)8-9-20(19)29(22,5)6/h8-13,15H,7H2,1-6H3/q+1. The van der Waals surface area contributed by atoms with E-state index in [0.717, 1.165) is 35.4 Å². The molecule has 2 aromatic rings. The van der Waals surface area contributed by atoms with Crippen molar-refractivity contribution in [1.82, 2.24) is 9.47 Å². The lowest BCUT2D eigenvalue weighted by Crippen LogP contribution is -2.44. The average Bonchev–Trinajstić information content (AvgIpc) is 2.91. The molecule has 1 aromatic carbocycles. The van der Waals surface area contributed by atoms with E-state index in [9.17, 15) is 13.2 Å². The number of aromatic nitrogens is 1. The van der Waals surface area contributed by atoms with Crippen molar-refractivity contribution in [2.24, 2.45) is 10.9 Å². The van der Waals surface area contributed by atoms with Crippen molar-refractivity contribution in [2.45, 2.75) is 40.3 Å². The molecule has 3 rings (SSSR count). The lowest BCUT2D eigenvalue weighted by atomic mass is 9.89. The second kappa shape index (κ2) is 7.41. The van der Waals surface area contributed by atoms with Crippen molar-refractivity contribution >= 4 is 22.8 Å². The zero-order valence-corrected chi connectivity index (χ0v) is 17.7. The van der Waals surface area contributed by atoms with Gasteiger partial charge in [-0.3, -0.25) is 4.98 Å². The molecular formula is C23H27F3N3+.